The van der Waals surface area contributed by atoms with Gasteiger partial charge in [-0.05, 0) is 80.3 Å². The molecule has 1 atom stereocenters. The van der Waals surface area contributed by atoms with Gasteiger partial charge in [0.05, 0.1) is 23.1 Å². The Morgan fingerprint density at radius 2 is 1.69 bits per heavy atom. The van der Waals surface area contributed by atoms with Crippen molar-refractivity contribution in [1.82, 2.24) is 4.90 Å². The lowest BCUT2D eigenvalue weighted by Gasteiger charge is -2.50. The zero-order chi connectivity index (χ0) is 30.2. The van der Waals surface area contributed by atoms with E-state index in [0.717, 1.165) is 12.1 Å². The maximum atomic E-state index is 14.0. The highest BCUT2D eigenvalue weighted by atomic mass is 19.4. The summed E-state index contributed by atoms with van der Waals surface area (Å²) in [5.74, 6) is -3.76. The number of ketones is 1. The normalized spacial score (nSPS) is 18.5. The summed E-state index contributed by atoms with van der Waals surface area (Å²) in [5, 5.41) is 3.52. The van der Waals surface area contributed by atoms with Gasteiger partial charge in [0.15, 0.2) is 17.4 Å². The van der Waals surface area contributed by atoms with Crippen molar-refractivity contribution in [3.63, 3.8) is 0 Å². The SMILES string of the molecule is CC(C)OC(=O)c1ccc2c(c1)NC1(CCN(Cc3ccc(F)c(F)c3)CC1)C(c1ccc(OC(F)(F)F)cc1)C2=O. The smallest absolute Gasteiger partial charge is 0.459 e. The number of benzene rings is 3. The highest BCUT2D eigenvalue weighted by Crippen LogP contribution is 2.47. The van der Waals surface area contributed by atoms with Gasteiger partial charge < -0.3 is 14.8 Å². The number of halogens is 5. The molecule has 0 saturated carbocycles. The molecule has 0 amide bonds. The minimum Gasteiger partial charge on any atom is -0.459 e. The first-order chi connectivity index (χ1) is 19.8. The number of anilines is 1. The van der Waals surface area contributed by atoms with Crippen molar-refractivity contribution in [1.29, 1.82) is 0 Å². The van der Waals surface area contributed by atoms with Gasteiger partial charge in [0, 0.05) is 30.9 Å². The average molecular weight is 589 g/mol. The van der Waals surface area contributed by atoms with E-state index in [1.165, 1.54) is 36.4 Å². The number of ether oxygens (including phenoxy) is 2. The van der Waals surface area contributed by atoms with Gasteiger partial charge in [-0.2, -0.15) is 0 Å². The van der Waals surface area contributed by atoms with Crippen LogP contribution in [0.1, 0.15) is 64.4 Å². The molecule has 1 saturated heterocycles. The summed E-state index contributed by atoms with van der Waals surface area (Å²) < 4.78 is 74.7. The van der Waals surface area contributed by atoms with Crippen molar-refractivity contribution < 1.29 is 41.0 Å². The Balaban J connectivity index is 1.46. The van der Waals surface area contributed by atoms with Gasteiger partial charge in [0.2, 0.25) is 0 Å². The predicted molar refractivity (Wildman–Crippen MR) is 144 cm³/mol. The summed E-state index contributed by atoms with van der Waals surface area (Å²) in [6.07, 6.45) is -4.28. The number of hydrogen-bond acceptors (Lipinski definition) is 6. The molecule has 42 heavy (non-hydrogen) atoms. The number of alkyl halides is 3. The maximum absolute atomic E-state index is 14.0. The van der Waals surface area contributed by atoms with Gasteiger partial charge in [0.1, 0.15) is 5.75 Å². The second-order valence-corrected chi connectivity index (χ2v) is 10.9. The maximum Gasteiger partial charge on any atom is 0.573 e. The standard InChI is InChI=1S/C31H29F5N2O4/c1-18(2)41-29(40)21-6-9-23-26(16-21)37-30(11-13-38(14-12-30)17-19-3-10-24(32)25(33)15-19)27(28(23)39)20-4-7-22(8-5-20)42-31(34,35)36/h3-10,15-16,18,27,37H,11-14,17H2,1-2H3. The summed E-state index contributed by atoms with van der Waals surface area (Å²) in [5.41, 5.74) is 1.40. The minimum atomic E-state index is -4.85. The third-order valence-electron chi connectivity index (χ3n) is 7.65. The fraction of sp³-hybridized carbons (Fsp3) is 0.355. The first kappa shape index (κ1) is 29.5. The molecule has 3 aromatic rings. The van der Waals surface area contributed by atoms with Gasteiger partial charge >= 0.3 is 12.3 Å². The lowest BCUT2D eigenvalue weighted by atomic mass is 9.67. The number of Topliss-reactive ketones (excluding diaryl/α,β-unsaturated/α-hetero) is 1. The van der Waals surface area contributed by atoms with E-state index in [2.05, 4.69) is 15.0 Å². The summed E-state index contributed by atoms with van der Waals surface area (Å²) in [4.78, 5) is 28.7. The van der Waals surface area contributed by atoms with Crippen molar-refractivity contribution in [3.8, 4) is 5.75 Å². The van der Waals surface area contributed by atoms with Crippen LogP contribution in [0.5, 0.6) is 5.75 Å². The van der Waals surface area contributed by atoms with Crippen molar-refractivity contribution >= 4 is 17.4 Å². The quantitative estimate of drug-likeness (QED) is 0.251. The zero-order valence-corrected chi connectivity index (χ0v) is 22.9. The molecule has 3 aromatic carbocycles. The van der Waals surface area contributed by atoms with E-state index in [9.17, 15) is 31.5 Å². The molecular formula is C31H29F5N2O4. The fourth-order valence-electron chi connectivity index (χ4n) is 5.77. The van der Waals surface area contributed by atoms with Crippen LogP contribution in [0.25, 0.3) is 0 Å². The molecule has 1 N–H and O–H groups in total. The Hall–Kier alpha value is -3.99. The first-order valence-corrected chi connectivity index (χ1v) is 13.5. The number of likely N-dealkylation sites (tertiary alicyclic amines) is 1. The van der Waals surface area contributed by atoms with Crippen LogP contribution in [0, 0.1) is 11.6 Å². The summed E-state index contributed by atoms with van der Waals surface area (Å²) >= 11 is 0. The number of rotatable bonds is 6. The van der Waals surface area contributed by atoms with Crippen LogP contribution in [0.15, 0.2) is 60.7 Å². The Morgan fingerprint density at radius 1 is 1.00 bits per heavy atom. The molecule has 6 nitrogen and oxygen atoms in total. The van der Waals surface area contributed by atoms with Crippen molar-refractivity contribution in [2.45, 2.75) is 57.2 Å². The molecule has 222 valence electrons. The van der Waals surface area contributed by atoms with Gasteiger partial charge in [-0.3, -0.25) is 9.69 Å². The Labute approximate surface area is 239 Å². The van der Waals surface area contributed by atoms with Crippen molar-refractivity contribution in [2.75, 3.05) is 18.4 Å². The molecule has 1 spiro atoms. The second kappa shape index (κ2) is 11.4. The summed E-state index contributed by atoms with van der Waals surface area (Å²) in [7, 11) is 0. The van der Waals surface area contributed by atoms with Crippen LogP contribution in [0.2, 0.25) is 0 Å². The molecular weight excluding hydrogens is 559 g/mol. The van der Waals surface area contributed by atoms with Crippen LogP contribution < -0.4 is 10.1 Å². The number of carbonyl (C=O) groups excluding carboxylic acids is 2. The van der Waals surface area contributed by atoms with Gasteiger partial charge in [-0.1, -0.05) is 18.2 Å². The minimum absolute atomic E-state index is 0.230. The fourth-order valence-corrected chi connectivity index (χ4v) is 5.77. The number of fused-ring (bicyclic) bond motifs is 1. The lowest BCUT2D eigenvalue weighted by Crippen LogP contribution is -2.56. The number of nitrogens with one attached hydrogen (secondary N) is 1. The third kappa shape index (κ3) is 6.25. The molecule has 0 radical (unpaired) electrons. The third-order valence-corrected chi connectivity index (χ3v) is 7.65. The van der Waals surface area contributed by atoms with E-state index in [0.29, 0.717) is 54.9 Å². The molecule has 1 fully saturated rings. The van der Waals surface area contributed by atoms with Crippen molar-refractivity contribution in [3.05, 3.63) is 94.6 Å². The number of piperidine rings is 1. The van der Waals surface area contributed by atoms with E-state index >= 15 is 0 Å². The topological polar surface area (TPSA) is 67.9 Å². The van der Waals surface area contributed by atoms with E-state index < -0.39 is 41.2 Å². The summed E-state index contributed by atoms with van der Waals surface area (Å²) in [6.45, 7) is 4.83. The molecule has 0 bridgehead atoms. The molecule has 11 heteroatoms. The molecule has 0 aliphatic carbocycles. The van der Waals surface area contributed by atoms with Crippen LogP contribution in [-0.2, 0) is 11.3 Å². The van der Waals surface area contributed by atoms with Crippen LogP contribution in [-0.4, -0.2) is 47.7 Å². The molecule has 1 unspecified atom stereocenters. The highest BCUT2D eigenvalue weighted by Gasteiger charge is 2.49. The molecule has 0 aromatic heterocycles. The Morgan fingerprint density at radius 3 is 2.31 bits per heavy atom. The summed E-state index contributed by atoms with van der Waals surface area (Å²) in [6, 6.07) is 13.7. The van der Waals surface area contributed by atoms with Crippen LogP contribution in [0.3, 0.4) is 0 Å². The Bertz CT molecular complexity index is 1480. The average Bonchev–Trinajstić information content (AvgIpc) is 2.91. The highest BCUT2D eigenvalue weighted by molar-refractivity contribution is 6.09. The van der Waals surface area contributed by atoms with Gasteiger partial charge in [-0.15, -0.1) is 13.2 Å². The van der Waals surface area contributed by atoms with Gasteiger partial charge in [0.25, 0.3) is 0 Å². The van der Waals surface area contributed by atoms with E-state index in [-0.39, 0.29) is 17.5 Å². The lowest BCUT2D eigenvalue weighted by molar-refractivity contribution is -0.274. The van der Waals surface area contributed by atoms with Crippen molar-refractivity contribution in [2.24, 2.45) is 0 Å². The first-order valence-electron chi connectivity index (χ1n) is 13.5. The van der Waals surface area contributed by atoms with E-state index in [1.54, 1.807) is 26.0 Å². The van der Waals surface area contributed by atoms with E-state index in [1.807, 2.05) is 0 Å². The van der Waals surface area contributed by atoms with Crippen LogP contribution >= 0.6 is 0 Å². The number of nitrogens with zero attached hydrogens (tertiary/aromatic N) is 1. The zero-order valence-electron chi connectivity index (χ0n) is 22.9. The number of hydrogen-bond donors (Lipinski definition) is 1. The van der Waals surface area contributed by atoms with Crippen LogP contribution in [0.4, 0.5) is 27.6 Å². The largest absolute Gasteiger partial charge is 0.573 e. The van der Waals surface area contributed by atoms with Gasteiger partial charge in [-0.25, -0.2) is 13.6 Å². The van der Waals surface area contributed by atoms with E-state index in [4.69, 9.17) is 4.74 Å². The Kier molecular flexibility index (Phi) is 7.98. The monoisotopic (exact) mass is 588 g/mol. The molecule has 2 aliphatic heterocycles. The second-order valence-electron chi connectivity index (χ2n) is 10.9. The predicted octanol–water partition coefficient (Wildman–Crippen LogP) is 6.86. The number of carbonyl (C=O) groups is 2. The molecule has 5 rings (SSSR count). The molecule has 2 heterocycles. The molecule has 2 aliphatic rings. The number of esters is 1.